The van der Waals surface area contributed by atoms with Crippen molar-refractivity contribution in [3.8, 4) is 0 Å². The minimum atomic E-state index is -0.488. The van der Waals surface area contributed by atoms with Gasteiger partial charge in [0.1, 0.15) is 11.6 Å². The molecular weight excluding hydrogens is 383 g/mol. The van der Waals surface area contributed by atoms with Gasteiger partial charge in [0, 0.05) is 29.6 Å². The number of H-pyrrole nitrogens is 2. The topological polar surface area (TPSA) is 90.6 Å². The van der Waals surface area contributed by atoms with E-state index in [9.17, 15) is 14.0 Å². The molecule has 0 spiro atoms. The van der Waals surface area contributed by atoms with Gasteiger partial charge in [0.15, 0.2) is 0 Å². The van der Waals surface area contributed by atoms with E-state index in [1.54, 1.807) is 19.1 Å². The number of rotatable bonds is 6. The van der Waals surface area contributed by atoms with Crippen molar-refractivity contribution in [2.24, 2.45) is 0 Å². The standard InChI is InChI=1S/C23H21FN4O2/c1-14-26-21(12-23(30)27-14)20(11-16-13-25-19-5-3-2-4-18(16)19)28-22(29)10-15-6-8-17(24)9-7-15/h2-9,12-13,20,25H,10-11H2,1H3,(H,28,29)(H,26,27,30). The van der Waals surface area contributed by atoms with Crippen LogP contribution in [0.1, 0.15) is 28.7 Å². The highest BCUT2D eigenvalue weighted by molar-refractivity contribution is 5.83. The molecule has 4 aromatic rings. The number of aromatic nitrogens is 3. The summed E-state index contributed by atoms with van der Waals surface area (Å²) in [6.07, 6.45) is 2.48. The zero-order chi connectivity index (χ0) is 21.1. The lowest BCUT2D eigenvalue weighted by atomic mass is 10.0. The van der Waals surface area contributed by atoms with Crippen molar-refractivity contribution in [1.29, 1.82) is 0 Å². The number of nitrogens with one attached hydrogen (secondary N) is 3. The molecule has 0 saturated heterocycles. The lowest BCUT2D eigenvalue weighted by Crippen LogP contribution is -2.32. The molecule has 0 fully saturated rings. The normalized spacial score (nSPS) is 12.1. The van der Waals surface area contributed by atoms with Crippen molar-refractivity contribution < 1.29 is 9.18 Å². The van der Waals surface area contributed by atoms with Gasteiger partial charge in [-0.1, -0.05) is 30.3 Å². The second kappa shape index (κ2) is 8.32. The van der Waals surface area contributed by atoms with Crippen LogP contribution in [0.4, 0.5) is 4.39 Å². The first-order valence-corrected chi connectivity index (χ1v) is 9.64. The largest absolute Gasteiger partial charge is 0.361 e. The van der Waals surface area contributed by atoms with Crippen molar-refractivity contribution in [3.05, 3.63) is 99.6 Å². The number of aromatic amines is 2. The Morgan fingerprint density at radius 2 is 1.93 bits per heavy atom. The molecular formula is C23H21FN4O2. The van der Waals surface area contributed by atoms with Crippen molar-refractivity contribution in [1.82, 2.24) is 20.3 Å². The molecule has 152 valence electrons. The average Bonchev–Trinajstić information content (AvgIpc) is 3.11. The Bertz CT molecular complexity index is 1240. The zero-order valence-electron chi connectivity index (χ0n) is 16.4. The third-order valence-electron chi connectivity index (χ3n) is 4.95. The summed E-state index contributed by atoms with van der Waals surface area (Å²) in [7, 11) is 0. The summed E-state index contributed by atoms with van der Waals surface area (Å²) >= 11 is 0. The highest BCUT2D eigenvalue weighted by atomic mass is 19.1. The predicted molar refractivity (Wildman–Crippen MR) is 113 cm³/mol. The summed E-state index contributed by atoms with van der Waals surface area (Å²) < 4.78 is 13.1. The van der Waals surface area contributed by atoms with Gasteiger partial charge in [0.05, 0.1) is 18.2 Å². The molecule has 3 N–H and O–H groups in total. The van der Waals surface area contributed by atoms with Gasteiger partial charge in [0.2, 0.25) is 5.91 Å². The molecule has 2 aromatic carbocycles. The van der Waals surface area contributed by atoms with Crippen LogP contribution in [0, 0.1) is 12.7 Å². The molecule has 0 saturated carbocycles. The summed E-state index contributed by atoms with van der Waals surface area (Å²) in [6, 6.07) is 14.6. The zero-order valence-corrected chi connectivity index (χ0v) is 16.4. The molecule has 0 radical (unpaired) electrons. The van der Waals surface area contributed by atoms with Crippen LogP contribution < -0.4 is 10.9 Å². The Balaban J connectivity index is 1.62. The van der Waals surface area contributed by atoms with E-state index in [2.05, 4.69) is 20.3 Å². The van der Waals surface area contributed by atoms with Crippen molar-refractivity contribution >= 4 is 16.8 Å². The van der Waals surface area contributed by atoms with Gasteiger partial charge >= 0.3 is 0 Å². The number of nitrogens with zero attached hydrogens (tertiary/aromatic N) is 1. The Morgan fingerprint density at radius 3 is 2.70 bits per heavy atom. The average molecular weight is 404 g/mol. The number of halogens is 1. The summed E-state index contributed by atoms with van der Waals surface area (Å²) in [5.74, 6) is -0.0973. The fraction of sp³-hybridized carbons (Fsp3) is 0.174. The number of benzene rings is 2. The summed E-state index contributed by atoms with van der Waals surface area (Å²) in [4.78, 5) is 35.0. The minimum Gasteiger partial charge on any atom is -0.361 e. The van der Waals surface area contributed by atoms with E-state index in [-0.39, 0.29) is 23.7 Å². The fourth-order valence-corrected chi connectivity index (χ4v) is 3.56. The van der Waals surface area contributed by atoms with Crippen LogP contribution in [0.2, 0.25) is 0 Å². The second-order valence-corrected chi connectivity index (χ2v) is 7.24. The highest BCUT2D eigenvalue weighted by Crippen LogP contribution is 2.23. The third kappa shape index (κ3) is 4.46. The monoisotopic (exact) mass is 404 g/mol. The van der Waals surface area contributed by atoms with Gasteiger partial charge in [-0.15, -0.1) is 0 Å². The van der Waals surface area contributed by atoms with Crippen LogP contribution in [0.25, 0.3) is 10.9 Å². The minimum absolute atomic E-state index is 0.104. The number of para-hydroxylation sites is 1. The van der Waals surface area contributed by atoms with Crippen molar-refractivity contribution in [3.63, 3.8) is 0 Å². The predicted octanol–water partition coefficient (Wildman–Crippen LogP) is 3.34. The van der Waals surface area contributed by atoms with Gasteiger partial charge in [-0.2, -0.15) is 0 Å². The summed E-state index contributed by atoms with van der Waals surface area (Å²) in [6.45, 7) is 1.70. The number of amides is 1. The maximum Gasteiger partial charge on any atom is 0.251 e. The molecule has 2 aromatic heterocycles. The van der Waals surface area contributed by atoms with Crippen LogP contribution >= 0.6 is 0 Å². The molecule has 0 aliphatic carbocycles. The molecule has 6 nitrogen and oxygen atoms in total. The van der Waals surface area contributed by atoms with Gasteiger partial charge in [-0.3, -0.25) is 9.59 Å². The molecule has 0 aliphatic rings. The lowest BCUT2D eigenvalue weighted by Gasteiger charge is -2.18. The summed E-state index contributed by atoms with van der Waals surface area (Å²) in [5.41, 5.74) is 2.94. The van der Waals surface area contributed by atoms with E-state index in [4.69, 9.17) is 0 Å². The first-order valence-electron chi connectivity index (χ1n) is 9.64. The second-order valence-electron chi connectivity index (χ2n) is 7.24. The number of carbonyl (C=O) groups is 1. The molecule has 1 unspecified atom stereocenters. The van der Waals surface area contributed by atoms with Crippen molar-refractivity contribution in [2.75, 3.05) is 0 Å². The van der Waals surface area contributed by atoms with Gasteiger partial charge < -0.3 is 15.3 Å². The molecule has 1 amide bonds. The van der Waals surface area contributed by atoms with E-state index >= 15 is 0 Å². The van der Waals surface area contributed by atoms with Crippen molar-refractivity contribution in [2.45, 2.75) is 25.8 Å². The molecule has 30 heavy (non-hydrogen) atoms. The summed E-state index contributed by atoms with van der Waals surface area (Å²) in [5, 5.41) is 4.04. The first kappa shape index (κ1) is 19.6. The van der Waals surface area contributed by atoms with Crippen LogP contribution in [0.5, 0.6) is 0 Å². The molecule has 0 aliphatic heterocycles. The third-order valence-corrected chi connectivity index (χ3v) is 4.95. The Labute approximate surface area is 172 Å². The molecule has 1 atom stereocenters. The van der Waals surface area contributed by atoms with E-state index in [1.807, 2.05) is 30.5 Å². The van der Waals surface area contributed by atoms with Gasteiger partial charge in [-0.25, -0.2) is 9.37 Å². The quantitative estimate of drug-likeness (QED) is 0.460. The van der Waals surface area contributed by atoms with E-state index in [0.717, 1.165) is 16.5 Å². The lowest BCUT2D eigenvalue weighted by molar-refractivity contribution is -0.121. The Kier molecular flexibility index (Phi) is 5.43. The van der Waals surface area contributed by atoms with E-state index < -0.39 is 6.04 Å². The molecule has 2 heterocycles. The number of hydrogen-bond acceptors (Lipinski definition) is 3. The van der Waals surface area contributed by atoms with E-state index in [0.29, 0.717) is 23.5 Å². The Morgan fingerprint density at radius 1 is 1.17 bits per heavy atom. The maximum atomic E-state index is 13.1. The Hall–Kier alpha value is -3.74. The highest BCUT2D eigenvalue weighted by Gasteiger charge is 2.20. The number of hydrogen-bond donors (Lipinski definition) is 3. The maximum absolute atomic E-state index is 13.1. The molecule has 4 rings (SSSR count). The number of aryl methyl sites for hydroxylation is 1. The fourth-order valence-electron chi connectivity index (χ4n) is 3.56. The first-order chi connectivity index (χ1) is 14.5. The molecule has 7 heteroatoms. The number of carbonyl (C=O) groups excluding carboxylic acids is 1. The van der Waals surface area contributed by atoms with Crippen LogP contribution in [0.15, 0.2) is 65.6 Å². The van der Waals surface area contributed by atoms with Gasteiger partial charge in [0.25, 0.3) is 5.56 Å². The smallest absolute Gasteiger partial charge is 0.251 e. The van der Waals surface area contributed by atoms with E-state index in [1.165, 1.54) is 18.2 Å². The van der Waals surface area contributed by atoms with Crippen LogP contribution in [0.3, 0.4) is 0 Å². The van der Waals surface area contributed by atoms with Crippen LogP contribution in [-0.4, -0.2) is 20.9 Å². The van der Waals surface area contributed by atoms with Gasteiger partial charge in [-0.05, 0) is 36.2 Å². The number of fused-ring (bicyclic) bond motifs is 1. The SMILES string of the molecule is Cc1nc(C(Cc2c[nH]c3ccccc23)NC(=O)Cc2ccc(F)cc2)cc(=O)[nH]1. The van der Waals surface area contributed by atoms with Crippen LogP contribution in [-0.2, 0) is 17.6 Å². The molecule has 0 bridgehead atoms.